The van der Waals surface area contributed by atoms with Crippen LogP contribution in [0.2, 0.25) is 18.1 Å². The lowest BCUT2D eigenvalue weighted by atomic mass is 10.2. The molecule has 0 radical (unpaired) electrons. The van der Waals surface area contributed by atoms with Crippen molar-refractivity contribution < 1.29 is 50.8 Å². The van der Waals surface area contributed by atoms with E-state index in [1.54, 1.807) is 71.9 Å². The van der Waals surface area contributed by atoms with Crippen LogP contribution in [0.5, 0.6) is 0 Å². The maximum absolute atomic E-state index is 14.0. The minimum Gasteiger partial charge on any atom is -0.480 e. The van der Waals surface area contributed by atoms with Crippen LogP contribution in [0.3, 0.4) is 0 Å². The first-order chi connectivity index (χ1) is 19.4. The van der Waals surface area contributed by atoms with E-state index in [1.165, 1.54) is 0 Å². The standard InChI is InChI=1S/C27H43F3N2O8SSi/c1-7-42(8-2,9-3)40-22(27(28,29)30)16-18-41(37,32-25(36)38-19-20-13-11-10-12-14-20)17-15-21(23(33)34)31-24(35)39-26(4,5)6/h10-14,21-22H,7-9,15-19H2,1-6H3,(H,31,35)(H,33,34)/t21?,22?,41-/m1/s1. The number of alkyl halides is 3. The lowest BCUT2D eigenvalue weighted by Gasteiger charge is -2.34. The second-order valence-electron chi connectivity index (χ2n) is 10.8. The third-order valence-electron chi connectivity index (χ3n) is 6.55. The molecule has 0 saturated carbocycles. The van der Waals surface area contributed by atoms with Gasteiger partial charge < -0.3 is 24.3 Å². The van der Waals surface area contributed by atoms with E-state index in [9.17, 15) is 36.9 Å². The molecule has 0 bridgehead atoms. The molecule has 0 heterocycles. The molecule has 2 amide bonds. The van der Waals surface area contributed by atoms with E-state index in [2.05, 4.69) is 9.68 Å². The quantitative estimate of drug-likeness (QED) is 0.207. The Hall–Kier alpha value is -2.65. The van der Waals surface area contributed by atoms with Crippen molar-refractivity contribution in [2.75, 3.05) is 11.5 Å². The number of benzene rings is 1. The molecule has 0 aliphatic heterocycles. The van der Waals surface area contributed by atoms with Crippen molar-refractivity contribution in [3.63, 3.8) is 0 Å². The van der Waals surface area contributed by atoms with Crippen LogP contribution >= 0.6 is 0 Å². The average molecular weight is 641 g/mol. The molecule has 1 aromatic rings. The SMILES string of the molecule is CC[Si](CC)(CC)OC(CC[S@](=O)(CCC(NC(=O)OC(C)(C)C)C(=O)O)=NC(=O)OCc1ccccc1)C(F)(F)F. The van der Waals surface area contributed by atoms with Gasteiger partial charge >= 0.3 is 24.3 Å². The highest BCUT2D eigenvalue weighted by atomic mass is 32.2. The van der Waals surface area contributed by atoms with E-state index in [0.29, 0.717) is 23.7 Å². The van der Waals surface area contributed by atoms with Gasteiger partial charge in [0, 0.05) is 11.5 Å². The predicted molar refractivity (Wildman–Crippen MR) is 155 cm³/mol. The smallest absolute Gasteiger partial charge is 0.442 e. The molecule has 0 aromatic heterocycles. The highest BCUT2D eigenvalue weighted by Crippen LogP contribution is 2.33. The number of carbonyl (C=O) groups excluding carboxylic acids is 2. The number of halogens is 3. The normalized spacial score (nSPS) is 15.2. The van der Waals surface area contributed by atoms with Gasteiger partial charge in [-0.25, -0.2) is 18.6 Å². The van der Waals surface area contributed by atoms with Gasteiger partial charge in [-0.1, -0.05) is 51.1 Å². The summed E-state index contributed by atoms with van der Waals surface area (Å²) in [5, 5.41) is 11.7. The number of nitrogens with one attached hydrogen (secondary N) is 1. The lowest BCUT2D eigenvalue weighted by molar-refractivity contribution is -0.198. The van der Waals surface area contributed by atoms with Crippen LogP contribution in [0.1, 0.15) is 59.9 Å². The Bertz CT molecular complexity index is 1140. The van der Waals surface area contributed by atoms with Crippen molar-refractivity contribution in [3.8, 4) is 0 Å². The van der Waals surface area contributed by atoms with Gasteiger partial charge in [-0.05, 0) is 57.3 Å². The Morgan fingerprint density at radius 1 is 1.00 bits per heavy atom. The summed E-state index contributed by atoms with van der Waals surface area (Å²) >= 11 is 0. The molecular weight excluding hydrogens is 597 g/mol. The number of hydrogen-bond donors (Lipinski definition) is 2. The molecule has 0 saturated heterocycles. The van der Waals surface area contributed by atoms with E-state index in [1.807, 2.05) is 0 Å². The monoisotopic (exact) mass is 640 g/mol. The highest BCUT2D eigenvalue weighted by Gasteiger charge is 2.45. The van der Waals surface area contributed by atoms with Crippen molar-refractivity contribution >= 4 is 36.2 Å². The molecule has 10 nitrogen and oxygen atoms in total. The summed E-state index contributed by atoms with van der Waals surface area (Å²) in [7, 11) is -6.53. The van der Waals surface area contributed by atoms with E-state index >= 15 is 0 Å². The summed E-state index contributed by atoms with van der Waals surface area (Å²) in [6.07, 6.45) is -10.6. The summed E-state index contributed by atoms with van der Waals surface area (Å²) < 4.78 is 75.4. The minimum absolute atomic E-state index is 0.220. The number of carboxylic acid groups (broad SMARTS) is 1. The van der Waals surface area contributed by atoms with Crippen LogP contribution in [-0.2, 0) is 35.0 Å². The number of amides is 2. The third kappa shape index (κ3) is 13.5. The first-order valence-electron chi connectivity index (χ1n) is 13.8. The number of alkyl carbamates (subject to hydrolysis) is 1. The fraction of sp³-hybridized carbons (Fsp3) is 0.667. The third-order valence-corrected chi connectivity index (χ3v) is 13.4. The zero-order chi connectivity index (χ0) is 32.2. The number of nitrogens with zero attached hydrogens (tertiary/aromatic N) is 1. The zero-order valence-corrected chi connectivity index (χ0v) is 26.8. The molecule has 240 valence electrons. The van der Waals surface area contributed by atoms with Gasteiger partial charge in [-0.2, -0.15) is 13.2 Å². The average Bonchev–Trinajstić information content (AvgIpc) is 2.89. The van der Waals surface area contributed by atoms with E-state index in [4.69, 9.17) is 13.9 Å². The van der Waals surface area contributed by atoms with Gasteiger partial charge in [0.2, 0.25) is 0 Å². The van der Waals surface area contributed by atoms with Crippen LogP contribution in [0, 0.1) is 0 Å². The van der Waals surface area contributed by atoms with Crippen LogP contribution in [0.25, 0.3) is 0 Å². The first kappa shape index (κ1) is 37.4. The molecule has 0 aliphatic rings. The topological polar surface area (TPSA) is 141 Å². The summed E-state index contributed by atoms with van der Waals surface area (Å²) in [6, 6.07) is 8.25. The molecule has 2 N–H and O–H groups in total. The highest BCUT2D eigenvalue weighted by molar-refractivity contribution is 7.93. The maximum Gasteiger partial charge on any atom is 0.442 e. The molecule has 15 heteroatoms. The van der Waals surface area contributed by atoms with Crippen molar-refractivity contribution in [2.24, 2.45) is 4.36 Å². The molecule has 2 unspecified atom stereocenters. The largest absolute Gasteiger partial charge is 0.480 e. The number of hydrogen-bond acceptors (Lipinski definition) is 7. The van der Waals surface area contributed by atoms with Gasteiger partial charge in [-0.15, -0.1) is 4.36 Å². The van der Waals surface area contributed by atoms with E-state index in [-0.39, 0.29) is 6.61 Å². The Balaban J connectivity index is 3.26. The zero-order valence-electron chi connectivity index (χ0n) is 25.0. The van der Waals surface area contributed by atoms with Crippen molar-refractivity contribution in [3.05, 3.63) is 35.9 Å². The van der Waals surface area contributed by atoms with Crippen LogP contribution in [0.15, 0.2) is 34.7 Å². The number of rotatable bonds is 15. The van der Waals surface area contributed by atoms with Crippen molar-refractivity contribution in [2.45, 2.75) is 103 Å². The number of aliphatic carboxylic acids is 1. The second-order valence-corrected chi connectivity index (χ2v) is 18.1. The Labute approximate surface area is 247 Å². The molecular formula is C27H43F3N2O8SSi. The van der Waals surface area contributed by atoms with Crippen LogP contribution < -0.4 is 5.32 Å². The lowest BCUT2D eigenvalue weighted by Crippen LogP contribution is -2.46. The van der Waals surface area contributed by atoms with Gasteiger partial charge in [-0.3, -0.25) is 0 Å². The van der Waals surface area contributed by atoms with Crippen LogP contribution in [0.4, 0.5) is 22.8 Å². The number of carboxylic acids is 1. The van der Waals surface area contributed by atoms with Gasteiger partial charge in [0.05, 0.1) is 9.73 Å². The fourth-order valence-electron chi connectivity index (χ4n) is 3.97. The van der Waals surface area contributed by atoms with Crippen LogP contribution in [-0.4, -0.2) is 71.2 Å². The minimum atomic E-state index is -4.77. The fourth-order valence-corrected chi connectivity index (χ4v) is 8.72. The Kier molecular flexibility index (Phi) is 14.5. The summed E-state index contributed by atoms with van der Waals surface area (Å²) in [6.45, 7) is 9.82. The summed E-state index contributed by atoms with van der Waals surface area (Å²) in [5.74, 6) is -2.81. The molecule has 0 aliphatic carbocycles. The molecule has 0 fully saturated rings. The maximum atomic E-state index is 14.0. The number of ether oxygens (including phenoxy) is 2. The van der Waals surface area contributed by atoms with E-state index < -0.39 is 84.5 Å². The molecule has 42 heavy (non-hydrogen) atoms. The summed E-state index contributed by atoms with van der Waals surface area (Å²) in [5.41, 5.74) is -0.329. The van der Waals surface area contributed by atoms with E-state index in [0.717, 1.165) is 0 Å². The molecule has 1 aromatic carbocycles. The Morgan fingerprint density at radius 3 is 2.02 bits per heavy atom. The van der Waals surface area contributed by atoms with Gasteiger partial charge in [0.15, 0.2) is 8.32 Å². The first-order valence-corrected chi connectivity index (χ1v) is 18.2. The van der Waals surface area contributed by atoms with Gasteiger partial charge in [0.25, 0.3) is 0 Å². The predicted octanol–water partition coefficient (Wildman–Crippen LogP) is 6.50. The molecule has 3 atom stereocenters. The van der Waals surface area contributed by atoms with Crippen molar-refractivity contribution in [1.82, 2.24) is 5.32 Å². The summed E-state index contributed by atoms with van der Waals surface area (Å²) in [4.78, 5) is 36.5. The molecule has 0 spiro atoms. The van der Waals surface area contributed by atoms with Gasteiger partial charge in [0.1, 0.15) is 24.4 Å². The number of carbonyl (C=O) groups is 3. The molecule has 1 rings (SSSR count). The second kappa shape index (κ2) is 16.3. The van der Waals surface area contributed by atoms with Crippen molar-refractivity contribution in [1.29, 1.82) is 0 Å². The Morgan fingerprint density at radius 2 is 1.55 bits per heavy atom.